The third kappa shape index (κ3) is 4.46. The summed E-state index contributed by atoms with van der Waals surface area (Å²) in [6, 6.07) is 15.4. The van der Waals surface area contributed by atoms with Crippen LogP contribution in [0.4, 0.5) is 0 Å². The first-order chi connectivity index (χ1) is 14.1. The van der Waals surface area contributed by atoms with E-state index in [4.69, 9.17) is 4.52 Å². The van der Waals surface area contributed by atoms with Gasteiger partial charge in [0.15, 0.2) is 5.69 Å². The average Bonchev–Trinajstić information content (AvgIpc) is 3.19. The van der Waals surface area contributed by atoms with Crippen molar-refractivity contribution in [1.82, 2.24) is 20.3 Å². The molecule has 1 aliphatic heterocycles. The van der Waals surface area contributed by atoms with Crippen LogP contribution >= 0.6 is 0 Å². The van der Waals surface area contributed by atoms with Crippen LogP contribution in [-0.2, 0) is 0 Å². The van der Waals surface area contributed by atoms with Gasteiger partial charge in [-0.2, -0.15) is 0 Å². The van der Waals surface area contributed by atoms with Gasteiger partial charge in [-0.3, -0.25) is 14.5 Å². The van der Waals surface area contributed by atoms with E-state index in [0.29, 0.717) is 36.7 Å². The predicted octanol–water partition coefficient (Wildman–Crippen LogP) is 2.32. The first kappa shape index (κ1) is 19.1. The summed E-state index contributed by atoms with van der Waals surface area (Å²) in [4.78, 5) is 28.9. The molecule has 0 unspecified atom stereocenters. The van der Waals surface area contributed by atoms with Crippen molar-refractivity contribution in [2.75, 3.05) is 39.3 Å². The van der Waals surface area contributed by atoms with Gasteiger partial charge in [0.2, 0.25) is 0 Å². The number of nitrogens with one attached hydrogen (secondary N) is 1. The first-order valence-electron chi connectivity index (χ1n) is 9.82. The molecule has 0 spiro atoms. The molecule has 150 valence electrons. The predicted molar refractivity (Wildman–Crippen MR) is 110 cm³/mol. The van der Waals surface area contributed by atoms with E-state index in [0.717, 1.165) is 30.4 Å². The Morgan fingerprint density at radius 2 is 1.79 bits per heavy atom. The molecule has 2 heterocycles. The van der Waals surface area contributed by atoms with Gasteiger partial charge in [0.05, 0.1) is 0 Å². The van der Waals surface area contributed by atoms with Crippen LogP contribution in [0, 0.1) is 6.92 Å². The second-order valence-electron chi connectivity index (χ2n) is 7.27. The van der Waals surface area contributed by atoms with Crippen molar-refractivity contribution in [2.24, 2.45) is 0 Å². The molecule has 3 aromatic rings. The number of amides is 2. The van der Waals surface area contributed by atoms with Gasteiger partial charge in [-0.25, -0.2) is 0 Å². The zero-order valence-electron chi connectivity index (χ0n) is 16.4. The quantitative estimate of drug-likeness (QED) is 0.721. The summed E-state index contributed by atoms with van der Waals surface area (Å²) >= 11 is 0. The minimum absolute atomic E-state index is 0.0639. The molecular formula is C22H24N4O3. The maximum atomic E-state index is 12.4. The lowest BCUT2D eigenvalue weighted by Crippen LogP contribution is -2.50. The number of hydrogen-bond acceptors (Lipinski definition) is 5. The number of benzene rings is 2. The average molecular weight is 392 g/mol. The summed E-state index contributed by atoms with van der Waals surface area (Å²) in [6.45, 7) is 5.93. The molecule has 1 N–H and O–H groups in total. The molecule has 2 aromatic carbocycles. The van der Waals surface area contributed by atoms with Gasteiger partial charge >= 0.3 is 0 Å². The molecule has 0 radical (unpaired) electrons. The largest absolute Gasteiger partial charge is 0.361 e. The fourth-order valence-corrected chi connectivity index (χ4v) is 3.56. The molecule has 29 heavy (non-hydrogen) atoms. The topological polar surface area (TPSA) is 78.7 Å². The highest BCUT2D eigenvalue weighted by Crippen LogP contribution is 2.15. The molecular weight excluding hydrogens is 368 g/mol. The lowest BCUT2D eigenvalue weighted by molar-refractivity contribution is 0.0628. The first-order valence-corrected chi connectivity index (χ1v) is 9.82. The summed E-state index contributed by atoms with van der Waals surface area (Å²) in [5.41, 5.74) is 1.03. The van der Waals surface area contributed by atoms with Gasteiger partial charge in [-0.15, -0.1) is 0 Å². The van der Waals surface area contributed by atoms with Crippen molar-refractivity contribution in [3.05, 3.63) is 65.5 Å². The molecule has 7 nitrogen and oxygen atoms in total. The number of carbonyl (C=O) groups excluding carboxylic acids is 2. The van der Waals surface area contributed by atoms with Gasteiger partial charge in [0.1, 0.15) is 5.76 Å². The van der Waals surface area contributed by atoms with Crippen LogP contribution in [0.1, 0.15) is 26.6 Å². The highest BCUT2D eigenvalue weighted by atomic mass is 16.5. The van der Waals surface area contributed by atoms with Crippen LogP contribution in [0.3, 0.4) is 0 Å². The normalized spacial score (nSPS) is 14.9. The van der Waals surface area contributed by atoms with Crippen LogP contribution in [0.15, 0.2) is 53.1 Å². The van der Waals surface area contributed by atoms with Crippen molar-refractivity contribution >= 4 is 22.6 Å². The van der Waals surface area contributed by atoms with Crippen molar-refractivity contribution in [3.63, 3.8) is 0 Å². The molecule has 0 bridgehead atoms. The molecule has 0 atom stereocenters. The fraction of sp³-hybridized carbons (Fsp3) is 0.318. The Labute approximate surface area is 169 Å². The number of piperazine rings is 1. The highest BCUT2D eigenvalue weighted by Gasteiger charge is 2.24. The smallest absolute Gasteiger partial charge is 0.276 e. The van der Waals surface area contributed by atoms with Crippen LogP contribution in [0.25, 0.3) is 10.8 Å². The van der Waals surface area contributed by atoms with Crippen molar-refractivity contribution in [1.29, 1.82) is 0 Å². The SMILES string of the molecule is Cc1cc(C(=O)N2CCN(CCNC(=O)c3ccc4ccccc4c3)CC2)no1. The summed E-state index contributed by atoms with van der Waals surface area (Å²) in [5.74, 6) is 0.478. The van der Waals surface area contributed by atoms with Gasteiger partial charge in [0.25, 0.3) is 11.8 Å². The van der Waals surface area contributed by atoms with Gasteiger partial charge < -0.3 is 14.7 Å². The number of aromatic nitrogens is 1. The second kappa shape index (κ2) is 8.45. The molecule has 0 saturated carbocycles. The third-order valence-electron chi connectivity index (χ3n) is 5.23. The van der Waals surface area contributed by atoms with Crippen LogP contribution < -0.4 is 5.32 Å². The van der Waals surface area contributed by atoms with Crippen LogP contribution in [-0.4, -0.2) is 66.0 Å². The number of fused-ring (bicyclic) bond motifs is 1. The third-order valence-corrected chi connectivity index (χ3v) is 5.23. The van der Waals surface area contributed by atoms with E-state index in [1.807, 2.05) is 42.5 Å². The maximum absolute atomic E-state index is 12.4. The van der Waals surface area contributed by atoms with E-state index in [1.54, 1.807) is 17.9 Å². The van der Waals surface area contributed by atoms with Gasteiger partial charge in [0, 0.05) is 50.9 Å². The summed E-state index contributed by atoms with van der Waals surface area (Å²) in [5, 5.41) is 8.97. The summed E-state index contributed by atoms with van der Waals surface area (Å²) in [6.07, 6.45) is 0. The van der Waals surface area contributed by atoms with Crippen molar-refractivity contribution < 1.29 is 14.1 Å². The minimum atomic E-state index is -0.0916. The fourth-order valence-electron chi connectivity index (χ4n) is 3.56. The van der Waals surface area contributed by atoms with Gasteiger partial charge in [-0.05, 0) is 29.8 Å². The zero-order chi connectivity index (χ0) is 20.2. The number of nitrogens with zero attached hydrogens (tertiary/aromatic N) is 3. The zero-order valence-corrected chi connectivity index (χ0v) is 16.4. The number of aryl methyl sites for hydroxylation is 1. The molecule has 1 aromatic heterocycles. The maximum Gasteiger partial charge on any atom is 0.276 e. The van der Waals surface area contributed by atoms with E-state index in [1.165, 1.54) is 0 Å². The lowest BCUT2D eigenvalue weighted by Gasteiger charge is -2.34. The Morgan fingerprint density at radius 3 is 2.52 bits per heavy atom. The van der Waals surface area contributed by atoms with Crippen LogP contribution in [0.2, 0.25) is 0 Å². The van der Waals surface area contributed by atoms with Gasteiger partial charge in [-0.1, -0.05) is 35.5 Å². The number of carbonyl (C=O) groups is 2. The van der Waals surface area contributed by atoms with E-state index in [2.05, 4.69) is 15.4 Å². The molecule has 1 saturated heterocycles. The monoisotopic (exact) mass is 392 g/mol. The standard InChI is InChI=1S/C22H24N4O3/c1-16-14-20(24-29-16)22(28)26-12-10-25(11-13-26)9-8-23-21(27)19-7-6-17-4-2-3-5-18(17)15-19/h2-7,14-15H,8-13H2,1H3,(H,23,27). The van der Waals surface area contributed by atoms with E-state index < -0.39 is 0 Å². The second-order valence-corrected chi connectivity index (χ2v) is 7.27. The summed E-state index contributed by atoms with van der Waals surface area (Å²) in [7, 11) is 0. The van der Waals surface area contributed by atoms with Crippen molar-refractivity contribution in [3.8, 4) is 0 Å². The van der Waals surface area contributed by atoms with Crippen molar-refractivity contribution in [2.45, 2.75) is 6.92 Å². The highest BCUT2D eigenvalue weighted by molar-refractivity contribution is 5.98. The molecule has 7 heteroatoms. The van der Waals surface area contributed by atoms with E-state index in [-0.39, 0.29) is 11.8 Å². The Morgan fingerprint density at radius 1 is 1.03 bits per heavy atom. The number of hydrogen-bond donors (Lipinski definition) is 1. The Kier molecular flexibility index (Phi) is 5.57. The molecule has 1 aliphatic rings. The van der Waals surface area contributed by atoms with Crippen LogP contribution in [0.5, 0.6) is 0 Å². The molecule has 4 rings (SSSR count). The molecule has 2 amide bonds. The minimum Gasteiger partial charge on any atom is -0.361 e. The Hall–Kier alpha value is -3.19. The Balaban J connectivity index is 1.23. The molecule has 1 fully saturated rings. The van der Waals surface area contributed by atoms with E-state index >= 15 is 0 Å². The summed E-state index contributed by atoms with van der Waals surface area (Å²) < 4.78 is 4.99. The number of rotatable bonds is 5. The lowest BCUT2D eigenvalue weighted by atomic mass is 10.1. The van der Waals surface area contributed by atoms with E-state index in [9.17, 15) is 9.59 Å². The molecule has 0 aliphatic carbocycles. The Bertz CT molecular complexity index is 1020.